The van der Waals surface area contributed by atoms with E-state index in [9.17, 15) is 0 Å². The van der Waals surface area contributed by atoms with E-state index in [1.807, 2.05) is 11.3 Å². The molecule has 0 amide bonds. The number of hydrogen-bond donors (Lipinski definition) is 0. The quantitative estimate of drug-likeness (QED) is 0.155. The van der Waals surface area contributed by atoms with Gasteiger partial charge in [0.1, 0.15) is 0 Å². The molecule has 270 valence electrons. The molecule has 12 rings (SSSR count). The van der Waals surface area contributed by atoms with Crippen LogP contribution in [0.2, 0.25) is 0 Å². The first-order valence-corrected chi connectivity index (χ1v) is 21.0. The van der Waals surface area contributed by atoms with E-state index >= 15 is 0 Å². The summed E-state index contributed by atoms with van der Waals surface area (Å²) in [5.74, 6) is 0. The van der Waals surface area contributed by atoms with E-state index < -0.39 is 0 Å². The minimum Gasteiger partial charge on any atom is -0.376 e. The Labute approximate surface area is 334 Å². The van der Waals surface area contributed by atoms with Gasteiger partial charge in [0.05, 0.1) is 5.69 Å². The van der Waals surface area contributed by atoms with Crippen LogP contribution in [0.5, 0.6) is 0 Å². The maximum Gasteiger partial charge on any atom is 0.333 e. The van der Waals surface area contributed by atoms with Crippen LogP contribution in [-0.2, 0) is 16.2 Å². The fourth-order valence-corrected chi connectivity index (χ4v) is 12.2. The maximum atomic E-state index is 2.75. The zero-order valence-electron chi connectivity index (χ0n) is 33.1. The topological polar surface area (TPSA) is 6.48 Å². The SMILES string of the molecule is CC(C)(C)c1ccc(N2B3c4cccc5c4N(c4ccccc4C5(C)C)c4cc5c(c(c43)-c3ccc4sc6ccccc6c4c32)C(C)(C)c2ccccc2-5)cc1. The lowest BCUT2D eigenvalue weighted by molar-refractivity contribution is 0.590. The zero-order valence-corrected chi connectivity index (χ0v) is 33.9. The Balaban J connectivity index is 1.30. The average molecular weight is 739 g/mol. The van der Waals surface area contributed by atoms with Gasteiger partial charge in [-0.05, 0) is 97.2 Å². The van der Waals surface area contributed by atoms with Gasteiger partial charge in [0.2, 0.25) is 0 Å². The number of hydrogen-bond acceptors (Lipinski definition) is 3. The van der Waals surface area contributed by atoms with Crippen molar-refractivity contribution >= 4 is 77.7 Å². The van der Waals surface area contributed by atoms with Gasteiger partial charge >= 0.3 is 6.85 Å². The average Bonchev–Trinajstić information content (AvgIpc) is 3.69. The van der Waals surface area contributed by atoms with Crippen LogP contribution in [0.4, 0.5) is 28.4 Å². The smallest absolute Gasteiger partial charge is 0.333 e. The molecule has 8 aromatic rings. The number of benzene rings is 7. The Kier molecular flexibility index (Phi) is 6.20. The summed E-state index contributed by atoms with van der Waals surface area (Å²) >= 11 is 1.92. The monoisotopic (exact) mass is 738 g/mol. The first-order chi connectivity index (χ1) is 27.0. The van der Waals surface area contributed by atoms with Gasteiger partial charge in [-0.25, -0.2) is 0 Å². The molecular weight excluding hydrogens is 695 g/mol. The standard InChI is InChI=1S/C52H43BN2S/c1-50(2,3)30-23-25-31(26-24-30)55-48-34(27-28-43-44(48)33-16-9-13-22-42(33)56-43)45-46-35(32-15-8-10-17-36(32)52(46,6)7)29-41-47(45)53(55)39-20-14-19-38-49(39)54(41)40-21-12-11-18-37(40)51(38,4)5/h8-29H,1-7H3. The third kappa shape index (κ3) is 3.93. The minimum atomic E-state index is -0.190. The van der Waals surface area contributed by atoms with E-state index in [4.69, 9.17) is 0 Å². The van der Waals surface area contributed by atoms with Crippen LogP contribution in [0.15, 0.2) is 133 Å². The molecule has 0 atom stereocenters. The molecule has 1 aromatic heterocycles. The third-order valence-corrected chi connectivity index (χ3v) is 14.9. The summed E-state index contributed by atoms with van der Waals surface area (Å²) in [6.45, 7) is 16.6. The van der Waals surface area contributed by atoms with Crippen LogP contribution in [0.25, 0.3) is 42.4 Å². The normalized spacial score (nSPS) is 16.3. The Bertz CT molecular complexity index is 3030. The van der Waals surface area contributed by atoms with Crippen molar-refractivity contribution in [1.29, 1.82) is 0 Å². The molecule has 3 aliphatic heterocycles. The lowest BCUT2D eigenvalue weighted by atomic mass is 9.42. The molecule has 0 saturated carbocycles. The summed E-state index contributed by atoms with van der Waals surface area (Å²) < 4.78 is 2.67. The fourth-order valence-electron chi connectivity index (χ4n) is 11.1. The van der Waals surface area contributed by atoms with Crippen molar-refractivity contribution < 1.29 is 0 Å². The van der Waals surface area contributed by atoms with Crippen LogP contribution < -0.4 is 20.6 Å². The van der Waals surface area contributed by atoms with Crippen molar-refractivity contribution in [3.05, 3.63) is 161 Å². The van der Waals surface area contributed by atoms with Crippen molar-refractivity contribution in [2.45, 2.75) is 64.7 Å². The summed E-state index contributed by atoms with van der Waals surface area (Å²) in [5, 5.41) is 2.70. The van der Waals surface area contributed by atoms with Gasteiger partial charge in [0.15, 0.2) is 0 Å². The number of nitrogens with zero attached hydrogens (tertiary/aromatic N) is 2. The molecular formula is C52H43BN2S. The van der Waals surface area contributed by atoms with Crippen molar-refractivity contribution in [2.75, 3.05) is 9.71 Å². The lowest BCUT2D eigenvalue weighted by Crippen LogP contribution is -2.63. The molecule has 4 aliphatic rings. The molecule has 0 saturated heterocycles. The number of para-hydroxylation sites is 2. The zero-order chi connectivity index (χ0) is 38.0. The Morgan fingerprint density at radius 3 is 2.09 bits per heavy atom. The van der Waals surface area contributed by atoms with E-state index in [1.54, 1.807) is 0 Å². The highest BCUT2D eigenvalue weighted by atomic mass is 32.1. The van der Waals surface area contributed by atoms with Crippen molar-refractivity contribution in [1.82, 2.24) is 0 Å². The van der Waals surface area contributed by atoms with E-state index in [-0.39, 0.29) is 23.1 Å². The molecule has 0 N–H and O–H groups in total. The number of rotatable bonds is 1. The Morgan fingerprint density at radius 2 is 1.29 bits per heavy atom. The molecule has 1 aliphatic carbocycles. The van der Waals surface area contributed by atoms with Gasteiger partial charge in [-0.3, -0.25) is 0 Å². The fraction of sp³-hybridized carbons (Fsp3) is 0.192. The van der Waals surface area contributed by atoms with E-state index in [1.165, 1.54) is 110 Å². The second kappa shape index (κ2) is 10.6. The van der Waals surface area contributed by atoms with Crippen molar-refractivity contribution in [3.8, 4) is 22.3 Å². The highest BCUT2D eigenvalue weighted by Gasteiger charge is 2.52. The molecule has 0 fully saturated rings. The highest BCUT2D eigenvalue weighted by Crippen LogP contribution is 2.61. The number of thiophene rings is 1. The van der Waals surface area contributed by atoms with Gasteiger partial charge < -0.3 is 9.71 Å². The van der Waals surface area contributed by atoms with E-state index in [0.717, 1.165) is 0 Å². The van der Waals surface area contributed by atoms with Crippen molar-refractivity contribution in [3.63, 3.8) is 0 Å². The summed E-state index contributed by atoms with van der Waals surface area (Å²) in [7, 11) is 0. The lowest BCUT2D eigenvalue weighted by Gasteiger charge is -2.51. The predicted molar refractivity (Wildman–Crippen MR) is 241 cm³/mol. The van der Waals surface area contributed by atoms with Crippen LogP contribution in [0.1, 0.15) is 76.3 Å². The molecule has 0 radical (unpaired) electrons. The summed E-state index contributed by atoms with van der Waals surface area (Å²) in [6, 6.07) is 51.5. The molecule has 56 heavy (non-hydrogen) atoms. The molecule has 4 heteroatoms. The van der Waals surface area contributed by atoms with E-state index in [0.29, 0.717) is 0 Å². The van der Waals surface area contributed by atoms with Gasteiger partial charge in [-0.1, -0.05) is 146 Å². The van der Waals surface area contributed by atoms with Crippen LogP contribution >= 0.6 is 11.3 Å². The second-order valence-electron chi connectivity index (χ2n) is 18.5. The molecule has 7 aromatic carbocycles. The van der Waals surface area contributed by atoms with Gasteiger partial charge in [-0.2, -0.15) is 0 Å². The van der Waals surface area contributed by atoms with Gasteiger partial charge in [0, 0.05) is 59.3 Å². The molecule has 2 nitrogen and oxygen atoms in total. The first kappa shape index (κ1) is 32.6. The summed E-state index contributed by atoms with van der Waals surface area (Å²) in [6.07, 6.45) is 0. The largest absolute Gasteiger partial charge is 0.376 e. The second-order valence-corrected chi connectivity index (χ2v) is 19.6. The highest BCUT2D eigenvalue weighted by molar-refractivity contribution is 7.26. The first-order valence-electron chi connectivity index (χ1n) is 20.1. The minimum absolute atomic E-state index is 0.0469. The maximum absolute atomic E-state index is 2.75. The Hall–Kier alpha value is -5.58. The molecule has 0 unspecified atom stereocenters. The van der Waals surface area contributed by atoms with Gasteiger partial charge in [0.25, 0.3) is 0 Å². The summed E-state index contributed by atoms with van der Waals surface area (Å²) in [5.41, 5.74) is 21.4. The molecule has 0 bridgehead atoms. The van der Waals surface area contributed by atoms with Crippen molar-refractivity contribution in [2.24, 2.45) is 0 Å². The van der Waals surface area contributed by atoms with Gasteiger partial charge in [-0.15, -0.1) is 11.3 Å². The third-order valence-electron chi connectivity index (χ3n) is 13.7. The van der Waals surface area contributed by atoms with E-state index in [2.05, 4.69) is 192 Å². The summed E-state index contributed by atoms with van der Waals surface area (Å²) in [4.78, 5) is 5.40. The van der Waals surface area contributed by atoms with Crippen LogP contribution in [-0.4, -0.2) is 6.85 Å². The molecule has 4 heterocycles. The number of anilines is 5. The predicted octanol–water partition coefficient (Wildman–Crippen LogP) is 13.0. The van der Waals surface area contributed by atoms with Crippen LogP contribution in [0, 0.1) is 0 Å². The Morgan fingerprint density at radius 1 is 0.571 bits per heavy atom. The van der Waals surface area contributed by atoms with Crippen LogP contribution in [0.3, 0.4) is 0 Å². The number of fused-ring (bicyclic) bond motifs is 14. The molecule has 0 spiro atoms.